The summed E-state index contributed by atoms with van der Waals surface area (Å²) in [5.41, 5.74) is 0. The molecule has 4 nitrogen and oxygen atoms in total. The first kappa shape index (κ1) is 10.5. The first-order valence-corrected chi connectivity index (χ1v) is 6.25. The van der Waals surface area contributed by atoms with Crippen LogP contribution in [0.15, 0.2) is 17.3 Å². The molecule has 1 aromatic rings. The van der Waals surface area contributed by atoms with Crippen LogP contribution in [0.4, 0.5) is 0 Å². The predicted molar refractivity (Wildman–Crippen MR) is 50.3 cm³/mol. The summed E-state index contributed by atoms with van der Waals surface area (Å²) in [4.78, 5) is 0.0504. The van der Waals surface area contributed by atoms with E-state index in [-0.39, 0.29) is 10.9 Å². The molecule has 1 aromatic heterocycles. The van der Waals surface area contributed by atoms with Crippen LogP contribution >= 0.6 is 10.7 Å². The van der Waals surface area contributed by atoms with Crippen LogP contribution in [0.1, 0.15) is 26.3 Å². The van der Waals surface area contributed by atoms with Crippen LogP contribution in [0.2, 0.25) is 0 Å². The van der Waals surface area contributed by atoms with Crippen molar-refractivity contribution in [2.24, 2.45) is 0 Å². The van der Waals surface area contributed by atoms with Crippen molar-refractivity contribution < 1.29 is 8.42 Å². The third-order valence-electron chi connectivity index (χ3n) is 1.90. The van der Waals surface area contributed by atoms with Gasteiger partial charge in [0.1, 0.15) is 4.90 Å². The SMILES string of the molecule is CCC(C)n1cc(S(=O)(=O)Cl)cn1. The Bertz CT molecular complexity index is 385. The van der Waals surface area contributed by atoms with Crippen LogP contribution in [-0.2, 0) is 9.05 Å². The average Bonchev–Trinajstić information content (AvgIpc) is 2.50. The van der Waals surface area contributed by atoms with Crippen molar-refractivity contribution in [2.45, 2.75) is 31.2 Å². The number of rotatable bonds is 3. The highest BCUT2D eigenvalue weighted by atomic mass is 35.7. The highest BCUT2D eigenvalue weighted by Crippen LogP contribution is 2.16. The molecule has 0 saturated heterocycles. The van der Waals surface area contributed by atoms with Crippen LogP contribution in [0.3, 0.4) is 0 Å². The van der Waals surface area contributed by atoms with Gasteiger partial charge in [-0.25, -0.2) is 8.42 Å². The topological polar surface area (TPSA) is 52.0 Å². The summed E-state index contributed by atoms with van der Waals surface area (Å²) in [5.74, 6) is 0. The second kappa shape index (κ2) is 3.67. The van der Waals surface area contributed by atoms with E-state index in [0.29, 0.717) is 0 Å². The van der Waals surface area contributed by atoms with Crippen LogP contribution in [0.5, 0.6) is 0 Å². The van der Waals surface area contributed by atoms with Crippen LogP contribution < -0.4 is 0 Å². The highest BCUT2D eigenvalue weighted by molar-refractivity contribution is 8.13. The maximum Gasteiger partial charge on any atom is 0.264 e. The van der Waals surface area contributed by atoms with Gasteiger partial charge in [-0.05, 0) is 13.3 Å². The molecule has 6 heteroatoms. The molecule has 0 aliphatic rings. The second-order valence-electron chi connectivity index (χ2n) is 2.85. The van der Waals surface area contributed by atoms with Crippen molar-refractivity contribution >= 4 is 19.7 Å². The Morgan fingerprint density at radius 3 is 2.69 bits per heavy atom. The molecular formula is C7H11ClN2O2S. The van der Waals surface area contributed by atoms with E-state index in [9.17, 15) is 8.42 Å². The van der Waals surface area contributed by atoms with Gasteiger partial charge in [0.2, 0.25) is 0 Å². The predicted octanol–water partition coefficient (Wildman–Crippen LogP) is 1.78. The minimum absolute atomic E-state index is 0.0504. The van der Waals surface area contributed by atoms with Gasteiger partial charge in [0.05, 0.1) is 6.20 Å². The number of nitrogens with zero attached hydrogens (tertiary/aromatic N) is 2. The van der Waals surface area contributed by atoms with Crippen molar-refractivity contribution in [2.75, 3.05) is 0 Å². The largest absolute Gasteiger partial charge is 0.269 e. The molecule has 0 saturated carbocycles. The Morgan fingerprint density at radius 2 is 2.31 bits per heavy atom. The first-order chi connectivity index (χ1) is 5.95. The van der Waals surface area contributed by atoms with E-state index in [1.54, 1.807) is 4.68 Å². The van der Waals surface area contributed by atoms with Gasteiger partial charge in [0.25, 0.3) is 9.05 Å². The normalized spacial score (nSPS) is 14.4. The molecule has 1 atom stereocenters. The molecule has 0 amide bonds. The zero-order valence-electron chi connectivity index (χ0n) is 7.44. The van der Waals surface area contributed by atoms with E-state index in [0.717, 1.165) is 6.42 Å². The summed E-state index contributed by atoms with van der Waals surface area (Å²) in [7, 11) is 1.50. The molecule has 0 radical (unpaired) electrons. The Morgan fingerprint density at radius 1 is 1.69 bits per heavy atom. The number of hydrogen-bond donors (Lipinski definition) is 0. The standard InChI is InChI=1S/C7H11ClN2O2S/c1-3-6(2)10-5-7(4-9-10)13(8,11)12/h4-6H,3H2,1-2H3. The zero-order chi connectivity index (χ0) is 10.1. The molecule has 1 unspecified atom stereocenters. The van der Waals surface area contributed by atoms with E-state index in [4.69, 9.17) is 10.7 Å². The summed E-state index contributed by atoms with van der Waals surface area (Å²) in [6.07, 6.45) is 3.59. The molecule has 0 bridgehead atoms. The van der Waals surface area contributed by atoms with Gasteiger partial charge in [-0.15, -0.1) is 0 Å². The fourth-order valence-electron chi connectivity index (χ4n) is 0.875. The average molecular weight is 223 g/mol. The Labute approximate surface area is 81.9 Å². The second-order valence-corrected chi connectivity index (χ2v) is 5.42. The lowest BCUT2D eigenvalue weighted by molar-refractivity contribution is 0.477. The zero-order valence-corrected chi connectivity index (χ0v) is 9.01. The van der Waals surface area contributed by atoms with Crippen molar-refractivity contribution in [3.8, 4) is 0 Å². The molecule has 0 aromatic carbocycles. The van der Waals surface area contributed by atoms with Gasteiger partial charge in [0.15, 0.2) is 0 Å². The lowest BCUT2D eigenvalue weighted by Crippen LogP contribution is -2.03. The Kier molecular flexibility index (Phi) is 2.98. The summed E-state index contributed by atoms with van der Waals surface area (Å²) >= 11 is 0. The highest BCUT2D eigenvalue weighted by Gasteiger charge is 2.13. The minimum Gasteiger partial charge on any atom is -0.269 e. The Balaban J connectivity index is 3.00. The smallest absolute Gasteiger partial charge is 0.264 e. The van der Waals surface area contributed by atoms with Gasteiger partial charge >= 0.3 is 0 Å². The van der Waals surface area contributed by atoms with Crippen LogP contribution in [0.25, 0.3) is 0 Å². The summed E-state index contributed by atoms with van der Waals surface area (Å²) in [6, 6.07) is 0.187. The molecule has 1 heterocycles. The number of halogens is 1. The van der Waals surface area contributed by atoms with Gasteiger partial charge in [-0.3, -0.25) is 4.68 Å². The van der Waals surface area contributed by atoms with Crippen molar-refractivity contribution in [3.63, 3.8) is 0 Å². The van der Waals surface area contributed by atoms with Crippen molar-refractivity contribution in [1.82, 2.24) is 9.78 Å². The van der Waals surface area contributed by atoms with E-state index in [1.807, 2.05) is 13.8 Å². The summed E-state index contributed by atoms with van der Waals surface area (Å²) < 4.78 is 23.3. The molecule has 74 valence electrons. The monoisotopic (exact) mass is 222 g/mol. The van der Waals surface area contributed by atoms with E-state index >= 15 is 0 Å². The molecule has 0 spiro atoms. The fourth-order valence-corrected chi connectivity index (χ4v) is 1.52. The third-order valence-corrected chi connectivity index (χ3v) is 3.21. The summed E-state index contributed by atoms with van der Waals surface area (Å²) in [6.45, 7) is 3.96. The third kappa shape index (κ3) is 2.45. The molecule has 0 N–H and O–H groups in total. The van der Waals surface area contributed by atoms with E-state index in [1.165, 1.54) is 12.4 Å². The summed E-state index contributed by atoms with van der Waals surface area (Å²) in [5, 5.41) is 3.91. The van der Waals surface area contributed by atoms with Gasteiger partial charge < -0.3 is 0 Å². The molecule has 1 rings (SSSR count). The molecule has 0 aliphatic carbocycles. The molecule has 0 aliphatic heterocycles. The number of hydrogen-bond acceptors (Lipinski definition) is 3. The lowest BCUT2D eigenvalue weighted by atomic mass is 10.3. The quantitative estimate of drug-likeness (QED) is 0.733. The number of aromatic nitrogens is 2. The van der Waals surface area contributed by atoms with E-state index in [2.05, 4.69) is 5.10 Å². The van der Waals surface area contributed by atoms with Gasteiger partial charge in [-0.1, -0.05) is 6.92 Å². The first-order valence-electron chi connectivity index (χ1n) is 3.94. The van der Waals surface area contributed by atoms with Gasteiger partial charge in [0, 0.05) is 22.9 Å². The van der Waals surface area contributed by atoms with Crippen LogP contribution in [0, 0.1) is 0 Å². The van der Waals surface area contributed by atoms with Crippen molar-refractivity contribution in [3.05, 3.63) is 12.4 Å². The molecule has 0 fully saturated rings. The Hall–Kier alpha value is -0.550. The molecular weight excluding hydrogens is 212 g/mol. The fraction of sp³-hybridized carbons (Fsp3) is 0.571. The van der Waals surface area contributed by atoms with Crippen LogP contribution in [-0.4, -0.2) is 18.2 Å². The minimum atomic E-state index is -3.63. The lowest BCUT2D eigenvalue weighted by Gasteiger charge is -2.07. The molecule has 13 heavy (non-hydrogen) atoms. The van der Waals surface area contributed by atoms with Gasteiger partial charge in [-0.2, -0.15) is 5.10 Å². The maximum absolute atomic E-state index is 10.9. The van der Waals surface area contributed by atoms with E-state index < -0.39 is 9.05 Å². The van der Waals surface area contributed by atoms with Crippen molar-refractivity contribution in [1.29, 1.82) is 0 Å². The maximum atomic E-state index is 10.9.